The van der Waals surface area contributed by atoms with Crippen LogP contribution in [0.4, 0.5) is 11.4 Å². The van der Waals surface area contributed by atoms with Crippen LogP contribution in [0.2, 0.25) is 0 Å². The van der Waals surface area contributed by atoms with Gasteiger partial charge in [-0.1, -0.05) is 0 Å². The quantitative estimate of drug-likeness (QED) is 0.501. The average molecular weight is 289 g/mol. The summed E-state index contributed by atoms with van der Waals surface area (Å²) in [7, 11) is 1.54. The maximum absolute atomic E-state index is 12.0. The second kappa shape index (κ2) is 5.45. The fourth-order valence-electron chi connectivity index (χ4n) is 1.66. The number of amides is 1. The van der Waals surface area contributed by atoms with Gasteiger partial charge >= 0.3 is 0 Å². The molecule has 0 radical (unpaired) electrons. The Morgan fingerprint density at radius 3 is 2.67 bits per heavy atom. The zero-order chi connectivity index (χ0) is 15.6. The molecule has 1 heterocycles. The lowest BCUT2D eigenvalue weighted by Gasteiger charge is -2.06. The molecule has 0 bridgehead atoms. The number of rotatable bonds is 3. The van der Waals surface area contributed by atoms with Gasteiger partial charge in [-0.25, -0.2) is 0 Å². The number of aromatic nitrogens is 1. The van der Waals surface area contributed by atoms with Crippen LogP contribution >= 0.6 is 0 Å². The number of phenolic OH excluding ortho intramolecular Hbond substituents is 1. The summed E-state index contributed by atoms with van der Waals surface area (Å²) in [5, 5.41) is 22.5. The average Bonchev–Trinajstić information content (AvgIpc) is 2.43. The number of aromatic hydroxyl groups is 1. The lowest BCUT2D eigenvalue weighted by atomic mass is 10.2. The summed E-state index contributed by atoms with van der Waals surface area (Å²) in [6.45, 7) is 0. The number of hydrogen-bond acceptors (Lipinski definition) is 5. The van der Waals surface area contributed by atoms with Gasteiger partial charge in [0.15, 0.2) is 0 Å². The first-order chi connectivity index (χ1) is 9.88. The fourth-order valence-corrected chi connectivity index (χ4v) is 1.66. The van der Waals surface area contributed by atoms with Crippen molar-refractivity contribution in [3.63, 3.8) is 0 Å². The van der Waals surface area contributed by atoms with Crippen molar-refractivity contribution in [2.75, 3.05) is 5.32 Å². The lowest BCUT2D eigenvalue weighted by molar-refractivity contribution is -0.384. The van der Waals surface area contributed by atoms with E-state index in [2.05, 4.69) is 5.32 Å². The van der Waals surface area contributed by atoms with Gasteiger partial charge in [0.1, 0.15) is 11.4 Å². The van der Waals surface area contributed by atoms with E-state index in [-0.39, 0.29) is 22.6 Å². The van der Waals surface area contributed by atoms with Crippen molar-refractivity contribution >= 4 is 17.3 Å². The second-order valence-electron chi connectivity index (χ2n) is 4.28. The van der Waals surface area contributed by atoms with E-state index in [1.54, 1.807) is 0 Å². The summed E-state index contributed by atoms with van der Waals surface area (Å²) in [6.07, 6.45) is 1.42. The highest BCUT2D eigenvalue weighted by Crippen LogP contribution is 2.28. The van der Waals surface area contributed by atoms with Gasteiger partial charge in [0.05, 0.1) is 11.0 Å². The van der Waals surface area contributed by atoms with E-state index in [1.165, 1.54) is 36.0 Å². The first-order valence-corrected chi connectivity index (χ1v) is 5.84. The number of nitrogens with one attached hydrogen (secondary N) is 1. The first-order valence-electron chi connectivity index (χ1n) is 5.84. The summed E-state index contributed by atoms with van der Waals surface area (Å²) < 4.78 is 1.29. The Morgan fingerprint density at radius 1 is 1.33 bits per heavy atom. The third-order valence-corrected chi connectivity index (χ3v) is 2.79. The van der Waals surface area contributed by atoms with Crippen molar-refractivity contribution in [2.45, 2.75) is 0 Å². The predicted molar refractivity (Wildman–Crippen MR) is 74.4 cm³/mol. The van der Waals surface area contributed by atoms with Crippen molar-refractivity contribution in [3.05, 3.63) is 62.6 Å². The van der Waals surface area contributed by atoms with E-state index >= 15 is 0 Å². The number of hydrogen-bond donors (Lipinski definition) is 2. The maximum atomic E-state index is 12.0. The Bertz CT molecular complexity index is 782. The Balaban J connectivity index is 2.33. The van der Waals surface area contributed by atoms with E-state index in [1.807, 2.05) is 0 Å². The second-order valence-corrected chi connectivity index (χ2v) is 4.28. The molecule has 0 saturated carbocycles. The molecule has 2 N–H and O–H groups in total. The van der Waals surface area contributed by atoms with Gasteiger partial charge in [0.25, 0.3) is 17.2 Å². The maximum Gasteiger partial charge on any atom is 0.296 e. The number of nitro benzene ring substituents is 1. The van der Waals surface area contributed by atoms with Crippen molar-refractivity contribution in [1.29, 1.82) is 0 Å². The van der Waals surface area contributed by atoms with Crippen molar-refractivity contribution < 1.29 is 14.8 Å². The Hall–Kier alpha value is -3.16. The van der Waals surface area contributed by atoms with Crippen LogP contribution in [-0.2, 0) is 7.05 Å². The smallest absolute Gasteiger partial charge is 0.296 e. The predicted octanol–water partition coefficient (Wildman–Crippen LogP) is 1.25. The van der Waals surface area contributed by atoms with Gasteiger partial charge < -0.3 is 15.0 Å². The molecule has 8 nitrogen and oxygen atoms in total. The lowest BCUT2D eigenvalue weighted by Crippen LogP contribution is -2.20. The van der Waals surface area contributed by atoms with Crippen LogP contribution < -0.4 is 10.9 Å². The Morgan fingerprint density at radius 2 is 2.05 bits per heavy atom. The number of carbonyl (C=O) groups is 1. The minimum absolute atomic E-state index is 0.0662. The number of nitro groups is 1. The molecule has 21 heavy (non-hydrogen) atoms. The number of phenols is 1. The third kappa shape index (κ3) is 3.06. The molecule has 0 aliphatic heterocycles. The molecule has 0 fully saturated rings. The number of nitrogens with zero attached hydrogens (tertiary/aromatic N) is 2. The molecule has 2 rings (SSSR count). The number of anilines is 1. The van der Waals surface area contributed by atoms with E-state index in [0.717, 1.165) is 12.1 Å². The van der Waals surface area contributed by atoms with Crippen molar-refractivity contribution in [1.82, 2.24) is 4.57 Å². The molecule has 1 aromatic carbocycles. The minimum atomic E-state index is -0.723. The highest BCUT2D eigenvalue weighted by atomic mass is 16.6. The number of aryl methyl sites for hydroxylation is 1. The van der Waals surface area contributed by atoms with E-state index in [0.29, 0.717) is 0 Å². The Labute approximate surface area is 118 Å². The summed E-state index contributed by atoms with van der Waals surface area (Å²) in [6, 6.07) is 5.91. The van der Waals surface area contributed by atoms with Crippen LogP contribution in [-0.4, -0.2) is 20.5 Å². The SMILES string of the molecule is Cn1ccc(C(=O)Nc2ccc(O)cc2[N+](=O)[O-])cc1=O. The monoisotopic (exact) mass is 289 g/mol. The van der Waals surface area contributed by atoms with Gasteiger partial charge in [-0.2, -0.15) is 0 Å². The minimum Gasteiger partial charge on any atom is -0.508 e. The molecule has 108 valence electrons. The molecule has 1 amide bonds. The van der Waals surface area contributed by atoms with Gasteiger partial charge in [-0.3, -0.25) is 19.7 Å². The van der Waals surface area contributed by atoms with Crippen LogP contribution in [0.5, 0.6) is 5.75 Å². The van der Waals surface area contributed by atoms with Crippen molar-refractivity contribution in [3.8, 4) is 5.75 Å². The molecule has 0 unspecified atom stereocenters. The molecule has 0 spiro atoms. The van der Waals surface area contributed by atoms with Gasteiger partial charge in [0.2, 0.25) is 0 Å². The van der Waals surface area contributed by atoms with Crippen LogP contribution in [0.15, 0.2) is 41.3 Å². The molecular formula is C13H11N3O5. The van der Waals surface area contributed by atoms with Crippen molar-refractivity contribution in [2.24, 2.45) is 7.05 Å². The van der Waals surface area contributed by atoms with E-state index in [9.17, 15) is 24.8 Å². The van der Waals surface area contributed by atoms with Crippen LogP contribution in [0, 0.1) is 10.1 Å². The molecular weight excluding hydrogens is 278 g/mol. The summed E-state index contributed by atoms with van der Waals surface area (Å²) in [4.78, 5) is 33.6. The van der Waals surface area contributed by atoms with E-state index < -0.39 is 16.5 Å². The standard InChI is InChI=1S/C13H11N3O5/c1-15-5-4-8(6-12(15)18)13(19)14-10-3-2-9(17)7-11(10)16(20)21/h2-7,17H,1H3,(H,14,19). The topological polar surface area (TPSA) is 114 Å². The molecule has 0 saturated heterocycles. The first kappa shape index (κ1) is 14.3. The summed E-state index contributed by atoms with van der Waals surface area (Å²) >= 11 is 0. The summed E-state index contributed by atoms with van der Waals surface area (Å²) in [5.74, 6) is -0.935. The number of carbonyl (C=O) groups excluding carboxylic acids is 1. The van der Waals surface area contributed by atoms with Gasteiger partial charge in [-0.15, -0.1) is 0 Å². The highest BCUT2D eigenvalue weighted by Gasteiger charge is 2.17. The molecule has 8 heteroatoms. The molecule has 2 aromatic rings. The van der Waals surface area contributed by atoms with Gasteiger partial charge in [0, 0.05) is 24.9 Å². The van der Waals surface area contributed by atoms with Crippen LogP contribution in [0.1, 0.15) is 10.4 Å². The molecule has 0 aliphatic carbocycles. The van der Waals surface area contributed by atoms with Crippen LogP contribution in [0.3, 0.4) is 0 Å². The normalized spacial score (nSPS) is 10.1. The fraction of sp³-hybridized carbons (Fsp3) is 0.0769. The van der Waals surface area contributed by atoms with Gasteiger partial charge in [-0.05, 0) is 18.2 Å². The zero-order valence-electron chi connectivity index (χ0n) is 10.9. The zero-order valence-corrected chi connectivity index (χ0v) is 10.9. The molecule has 0 atom stereocenters. The third-order valence-electron chi connectivity index (χ3n) is 2.79. The Kier molecular flexibility index (Phi) is 3.70. The molecule has 0 aliphatic rings. The van der Waals surface area contributed by atoms with E-state index in [4.69, 9.17) is 0 Å². The van der Waals surface area contributed by atoms with Crippen LogP contribution in [0.25, 0.3) is 0 Å². The summed E-state index contributed by atoms with van der Waals surface area (Å²) in [5.41, 5.74) is -0.793. The number of pyridine rings is 1. The highest BCUT2D eigenvalue weighted by molar-refractivity contribution is 6.05. The molecule has 1 aromatic heterocycles. The number of benzene rings is 1. The largest absolute Gasteiger partial charge is 0.508 e.